The summed E-state index contributed by atoms with van der Waals surface area (Å²) in [6.07, 6.45) is 20.6. The van der Waals surface area contributed by atoms with Crippen LogP contribution in [0.3, 0.4) is 0 Å². The molecule has 0 amide bonds. The van der Waals surface area contributed by atoms with Gasteiger partial charge in [0.05, 0.1) is 0 Å². The summed E-state index contributed by atoms with van der Waals surface area (Å²) in [5.41, 5.74) is 1.07. The smallest absolute Gasteiger partial charge is 0.150 e. The van der Waals surface area contributed by atoms with Crippen molar-refractivity contribution in [2.24, 2.45) is 0 Å². The molecule has 0 radical (unpaired) electrons. The lowest BCUT2D eigenvalue weighted by Gasteiger charge is -2.15. The summed E-state index contributed by atoms with van der Waals surface area (Å²) in [7, 11) is 0. The van der Waals surface area contributed by atoms with Gasteiger partial charge in [-0.25, -0.2) is 4.68 Å². The van der Waals surface area contributed by atoms with E-state index in [0.29, 0.717) is 5.92 Å². The molecule has 1 rings (SSSR count). The number of rotatable bonds is 18. The fraction of sp³-hybridized carbons (Fsp3) is 0.913. The molecule has 0 saturated carbocycles. The minimum Gasteiger partial charge on any atom is -0.234 e. The third-order valence-electron chi connectivity index (χ3n) is 5.62. The molecule has 1 aromatic heterocycles. The van der Waals surface area contributed by atoms with Crippen molar-refractivity contribution >= 4 is 11.6 Å². The topological polar surface area (TPSA) is 30.7 Å². The standard InChI is InChI=1S/C23H44ClN3/c1-4-7-10-13-14-17-20-27-23(24)22(25-26-27)21(18-15-11-8-5-2)19-16-12-9-6-3/h21H,4-20H2,1-3H3. The van der Waals surface area contributed by atoms with Crippen LogP contribution in [0.15, 0.2) is 0 Å². The molecule has 0 saturated heterocycles. The second kappa shape index (κ2) is 16.4. The third-order valence-corrected chi connectivity index (χ3v) is 6.01. The van der Waals surface area contributed by atoms with Crippen molar-refractivity contribution in [2.75, 3.05) is 0 Å². The van der Waals surface area contributed by atoms with E-state index in [4.69, 9.17) is 11.6 Å². The highest BCUT2D eigenvalue weighted by molar-refractivity contribution is 6.30. The van der Waals surface area contributed by atoms with Crippen molar-refractivity contribution in [1.29, 1.82) is 0 Å². The second-order valence-corrected chi connectivity index (χ2v) is 8.51. The van der Waals surface area contributed by atoms with Crippen molar-refractivity contribution in [1.82, 2.24) is 15.0 Å². The van der Waals surface area contributed by atoms with Crippen LogP contribution in [0.1, 0.15) is 135 Å². The maximum absolute atomic E-state index is 6.70. The Labute approximate surface area is 173 Å². The van der Waals surface area contributed by atoms with Crippen LogP contribution in [0, 0.1) is 0 Å². The summed E-state index contributed by atoms with van der Waals surface area (Å²) >= 11 is 6.70. The molecule has 0 aliphatic carbocycles. The summed E-state index contributed by atoms with van der Waals surface area (Å²) in [6, 6.07) is 0. The van der Waals surface area contributed by atoms with E-state index in [1.165, 1.54) is 96.3 Å². The van der Waals surface area contributed by atoms with E-state index in [1.807, 2.05) is 4.68 Å². The van der Waals surface area contributed by atoms with Gasteiger partial charge in [-0.15, -0.1) is 5.10 Å². The van der Waals surface area contributed by atoms with E-state index in [9.17, 15) is 0 Å². The molecular formula is C23H44ClN3. The van der Waals surface area contributed by atoms with Crippen molar-refractivity contribution in [3.8, 4) is 0 Å². The van der Waals surface area contributed by atoms with Crippen LogP contribution in [0.2, 0.25) is 5.15 Å². The monoisotopic (exact) mass is 397 g/mol. The highest BCUT2D eigenvalue weighted by atomic mass is 35.5. The van der Waals surface area contributed by atoms with Gasteiger partial charge in [0.1, 0.15) is 5.69 Å². The number of halogens is 1. The molecule has 0 unspecified atom stereocenters. The molecule has 0 spiro atoms. The molecule has 0 aliphatic rings. The Kier molecular flexibility index (Phi) is 14.9. The number of aryl methyl sites for hydroxylation is 1. The predicted octanol–water partition coefficient (Wildman–Crippen LogP) is 8.32. The van der Waals surface area contributed by atoms with Crippen LogP contribution < -0.4 is 0 Å². The van der Waals surface area contributed by atoms with Crippen LogP contribution in [-0.4, -0.2) is 15.0 Å². The molecule has 158 valence electrons. The van der Waals surface area contributed by atoms with E-state index >= 15 is 0 Å². The van der Waals surface area contributed by atoms with Crippen LogP contribution in [-0.2, 0) is 6.54 Å². The minimum atomic E-state index is 0.490. The fourth-order valence-electron chi connectivity index (χ4n) is 3.80. The summed E-state index contributed by atoms with van der Waals surface area (Å²) in [5, 5.41) is 9.72. The van der Waals surface area contributed by atoms with E-state index in [0.717, 1.165) is 23.8 Å². The average Bonchev–Trinajstić information content (AvgIpc) is 3.04. The molecule has 1 heterocycles. The molecule has 0 aliphatic heterocycles. The van der Waals surface area contributed by atoms with Gasteiger partial charge < -0.3 is 0 Å². The lowest BCUT2D eigenvalue weighted by molar-refractivity contribution is 0.488. The number of nitrogens with zero attached hydrogens (tertiary/aromatic N) is 3. The first-order chi connectivity index (χ1) is 13.2. The highest BCUT2D eigenvalue weighted by Crippen LogP contribution is 2.31. The molecule has 4 heteroatoms. The summed E-state index contributed by atoms with van der Waals surface area (Å²) in [6.45, 7) is 7.72. The molecular weight excluding hydrogens is 354 g/mol. The second-order valence-electron chi connectivity index (χ2n) is 8.15. The average molecular weight is 398 g/mol. The Bertz CT molecular complexity index is 446. The van der Waals surface area contributed by atoms with E-state index in [2.05, 4.69) is 31.1 Å². The Morgan fingerprint density at radius 3 is 1.74 bits per heavy atom. The zero-order chi connectivity index (χ0) is 19.7. The van der Waals surface area contributed by atoms with Gasteiger partial charge >= 0.3 is 0 Å². The molecule has 27 heavy (non-hydrogen) atoms. The van der Waals surface area contributed by atoms with Gasteiger partial charge in [-0.3, -0.25) is 0 Å². The van der Waals surface area contributed by atoms with Gasteiger partial charge in [0.2, 0.25) is 0 Å². The zero-order valence-electron chi connectivity index (χ0n) is 18.3. The molecule has 0 atom stereocenters. The summed E-state index contributed by atoms with van der Waals surface area (Å²) < 4.78 is 1.95. The highest BCUT2D eigenvalue weighted by Gasteiger charge is 2.20. The molecule has 0 N–H and O–H groups in total. The van der Waals surface area contributed by atoms with Gasteiger partial charge in [0.15, 0.2) is 5.15 Å². The number of aromatic nitrogens is 3. The lowest BCUT2D eigenvalue weighted by Crippen LogP contribution is -2.03. The third kappa shape index (κ3) is 10.5. The quantitative estimate of drug-likeness (QED) is 0.233. The van der Waals surface area contributed by atoms with Gasteiger partial charge in [0, 0.05) is 12.5 Å². The van der Waals surface area contributed by atoms with Crippen LogP contribution >= 0.6 is 11.6 Å². The predicted molar refractivity (Wildman–Crippen MR) is 119 cm³/mol. The van der Waals surface area contributed by atoms with Crippen LogP contribution in [0.25, 0.3) is 0 Å². The molecule has 3 nitrogen and oxygen atoms in total. The molecule has 0 fully saturated rings. The number of hydrogen-bond acceptors (Lipinski definition) is 2. The van der Waals surface area contributed by atoms with Gasteiger partial charge in [-0.1, -0.05) is 121 Å². The first-order valence-corrected chi connectivity index (χ1v) is 12.2. The minimum absolute atomic E-state index is 0.490. The molecule has 1 aromatic rings. The van der Waals surface area contributed by atoms with E-state index in [-0.39, 0.29) is 0 Å². The van der Waals surface area contributed by atoms with Gasteiger partial charge in [0.25, 0.3) is 0 Å². The number of hydrogen-bond donors (Lipinski definition) is 0. The molecule has 0 aromatic carbocycles. The Hall–Kier alpha value is -0.570. The van der Waals surface area contributed by atoms with Crippen molar-refractivity contribution in [2.45, 2.75) is 136 Å². The van der Waals surface area contributed by atoms with Crippen molar-refractivity contribution in [3.63, 3.8) is 0 Å². The van der Waals surface area contributed by atoms with Gasteiger partial charge in [-0.05, 0) is 19.3 Å². The normalized spacial score (nSPS) is 11.6. The Morgan fingerprint density at radius 2 is 1.19 bits per heavy atom. The van der Waals surface area contributed by atoms with E-state index < -0.39 is 0 Å². The Balaban J connectivity index is 2.53. The van der Waals surface area contributed by atoms with Gasteiger partial charge in [-0.2, -0.15) is 0 Å². The summed E-state index contributed by atoms with van der Waals surface area (Å²) in [4.78, 5) is 0. The first kappa shape index (κ1) is 24.5. The SMILES string of the molecule is CCCCCCCCn1nnc(C(CCCCCC)CCCCCC)c1Cl. The fourth-order valence-corrected chi connectivity index (χ4v) is 4.11. The van der Waals surface area contributed by atoms with Crippen LogP contribution in [0.4, 0.5) is 0 Å². The number of unbranched alkanes of at least 4 members (excludes halogenated alkanes) is 11. The Morgan fingerprint density at radius 1 is 0.704 bits per heavy atom. The maximum atomic E-state index is 6.70. The summed E-state index contributed by atoms with van der Waals surface area (Å²) in [5.74, 6) is 0.490. The zero-order valence-corrected chi connectivity index (χ0v) is 19.1. The largest absolute Gasteiger partial charge is 0.234 e. The van der Waals surface area contributed by atoms with E-state index in [1.54, 1.807) is 0 Å². The molecule has 0 bridgehead atoms. The van der Waals surface area contributed by atoms with Crippen LogP contribution in [0.5, 0.6) is 0 Å². The maximum Gasteiger partial charge on any atom is 0.150 e. The van der Waals surface area contributed by atoms with Crippen molar-refractivity contribution < 1.29 is 0 Å². The first-order valence-electron chi connectivity index (χ1n) is 11.8. The van der Waals surface area contributed by atoms with Crippen molar-refractivity contribution in [3.05, 3.63) is 10.8 Å². The lowest BCUT2D eigenvalue weighted by atomic mass is 9.92.